The van der Waals surface area contributed by atoms with Crippen molar-refractivity contribution in [3.8, 4) is 0 Å². The minimum atomic E-state index is -3.35. The Labute approximate surface area is 163 Å². The first kappa shape index (κ1) is 18.5. The van der Waals surface area contributed by atoms with Gasteiger partial charge in [-0.25, -0.2) is 17.8 Å². The third-order valence-corrected chi connectivity index (χ3v) is 6.43. The second-order valence-electron chi connectivity index (χ2n) is 6.45. The molecule has 1 aliphatic rings. The van der Waals surface area contributed by atoms with E-state index in [0.29, 0.717) is 20.9 Å². The molecular weight excluding hydrogens is 405 g/mol. The zero-order chi connectivity index (χ0) is 20.1. The highest BCUT2D eigenvalue weighted by molar-refractivity contribution is 7.90. The molecule has 2 N–H and O–H groups in total. The molecule has 0 saturated carbocycles. The Morgan fingerprint density at radius 1 is 1.29 bits per heavy atom. The highest BCUT2D eigenvalue weighted by atomic mass is 32.2. The van der Waals surface area contributed by atoms with E-state index >= 15 is 0 Å². The second kappa shape index (κ2) is 6.64. The van der Waals surface area contributed by atoms with E-state index in [1.165, 1.54) is 30.3 Å². The van der Waals surface area contributed by atoms with Crippen LogP contribution in [0.1, 0.15) is 17.9 Å². The van der Waals surface area contributed by atoms with Crippen molar-refractivity contribution in [3.05, 3.63) is 47.8 Å². The fourth-order valence-corrected chi connectivity index (χ4v) is 4.68. The maximum Gasteiger partial charge on any atom is 0.234 e. The van der Waals surface area contributed by atoms with Crippen molar-refractivity contribution in [2.24, 2.45) is 0 Å². The summed E-state index contributed by atoms with van der Waals surface area (Å²) in [5.41, 5.74) is 1.36. The quantitative estimate of drug-likeness (QED) is 0.679. The minimum absolute atomic E-state index is 0.0619. The molecule has 1 unspecified atom stereocenters. The highest BCUT2D eigenvalue weighted by Crippen LogP contribution is 2.35. The van der Waals surface area contributed by atoms with Gasteiger partial charge in [0.25, 0.3) is 0 Å². The molecule has 2 aromatic carbocycles. The van der Waals surface area contributed by atoms with Gasteiger partial charge in [0.2, 0.25) is 11.8 Å². The third kappa shape index (κ3) is 3.48. The van der Waals surface area contributed by atoms with Gasteiger partial charge < -0.3 is 10.6 Å². The van der Waals surface area contributed by atoms with E-state index in [2.05, 4.69) is 15.6 Å². The summed E-state index contributed by atoms with van der Waals surface area (Å²) in [7, 11) is -3.35. The topological polar surface area (TPSA) is 105 Å². The van der Waals surface area contributed by atoms with Crippen LogP contribution in [0.4, 0.5) is 15.2 Å². The van der Waals surface area contributed by atoms with E-state index in [-0.39, 0.29) is 22.9 Å². The van der Waals surface area contributed by atoms with Gasteiger partial charge in [-0.15, -0.1) is 0 Å². The van der Waals surface area contributed by atoms with Crippen LogP contribution in [0.2, 0.25) is 0 Å². The predicted octanol–water partition coefficient (Wildman–Crippen LogP) is 2.90. The molecule has 2 heterocycles. The Hall–Kier alpha value is -2.85. The lowest BCUT2D eigenvalue weighted by atomic mass is 9.90. The van der Waals surface area contributed by atoms with Gasteiger partial charge in [0.05, 0.1) is 21.0 Å². The van der Waals surface area contributed by atoms with Crippen LogP contribution in [0.5, 0.6) is 0 Å². The van der Waals surface area contributed by atoms with E-state index in [1.54, 1.807) is 6.07 Å². The van der Waals surface area contributed by atoms with Gasteiger partial charge in [0, 0.05) is 18.4 Å². The molecule has 1 aromatic heterocycles. The fraction of sp³-hybridized carbons (Fsp3) is 0.167. The van der Waals surface area contributed by atoms with Crippen LogP contribution in [0.25, 0.3) is 10.2 Å². The Bertz CT molecular complexity index is 1240. The summed E-state index contributed by atoms with van der Waals surface area (Å²) in [5.74, 6) is -2.10. The number of anilines is 2. The number of amides is 2. The number of halogens is 1. The highest BCUT2D eigenvalue weighted by Gasteiger charge is 2.31. The first-order valence-electron chi connectivity index (χ1n) is 8.21. The number of fused-ring (bicyclic) bond motifs is 2. The maximum absolute atomic E-state index is 13.4. The first-order valence-corrected chi connectivity index (χ1v) is 10.9. The number of carbonyl (C=O) groups is 2. The molecule has 1 atom stereocenters. The molecule has 0 radical (unpaired) electrons. The number of aromatic nitrogens is 1. The molecule has 1 aliphatic heterocycles. The molecule has 2 amide bonds. The van der Waals surface area contributed by atoms with Crippen molar-refractivity contribution in [1.29, 1.82) is 0 Å². The average molecular weight is 419 g/mol. The van der Waals surface area contributed by atoms with Crippen LogP contribution >= 0.6 is 11.3 Å². The van der Waals surface area contributed by atoms with Gasteiger partial charge in [0.15, 0.2) is 15.0 Å². The van der Waals surface area contributed by atoms with Crippen molar-refractivity contribution in [1.82, 2.24) is 4.98 Å². The minimum Gasteiger partial charge on any atom is -0.326 e. The van der Waals surface area contributed by atoms with Crippen LogP contribution in [0.3, 0.4) is 0 Å². The molecule has 0 aliphatic carbocycles. The normalized spacial score (nSPS) is 16.5. The van der Waals surface area contributed by atoms with Crippen molar-refractivity contribution in [2.75, 3.05) is 16.9 Å². The second-order valence-corrected chi connectivity index (χ2v) is 9.49. The van der Waals surface area contributed by atoms with E-state index in [1.807, 2.05) is 0 Å². The standard InChI is InChI=1S/C18H14FN3O4S2/c1-28(25,26)10-3-5-13-15(7-10)27-18(21-13)22-17(24)12-8-16(23)20-14-6-9(19)2-4-11(12)14/h2-7,12H,8H2,1H3,(H,20,23)(H,21,22,24). The molecule has 4 rings (SSSR count). The molecule has 0 bridgehead atoms. The van der Waals surface area contributed by atoms with Gasteiger partial charge in [-0.05, 0) is 35.9 Å². The van der Waals surface area contributed by atoms with Crippen LogP contribution in [-0.4, -0.2) is 31.5 Å². The number of nitrogens with zero attached hydrogens (tertiary/aromatic N) is 1. The van der Waals surface area contributed by atoms with Crippen LogP contribution in [-0.2, 0) is 19.4 Å². The number of sulfone groups is 1. The molecule has 0 spiro atoms. The van der Waals surface area contributed by atoms with Crippen molar-refractivity contribution < 1.29 is 22.4 Å². The number of rotatable bonds is 3. The monoisotopic (exact) mass is 419 g/mol. The molecule has 144 valence electrons. The molecule has 3 aromatic rings. The Morgan fingerprint density at radius 2 is 2.07 bits per heavy atom. The van der Waals surface area contributed by atoms with Gasteiger partial charge in [-0.3, -0.25) is 9.59 Å². The molecule has 7 nitrogen and oxygen atoms in total. The third-order valence-electron chi connectivity index (χ3n) is 4.39. The largest absolute Gasteiger partial charge is 0.326 e. The average Bonchev–Trinajstić information content (AvgIpc) is 3.01. The molecule has 0 fully saturated rings. The van der Waals surface area contributed by atoms with Gasteiger partial charge in [0.1, 0.15) is 5.82 Å². The summed E-state index contributed by atoms with van der Waals surface area (Å²) in [5, 5.41) is 5.53. The molecule has 28 heavy (non-hydrogen) atoms. The van der Waals surface area contributed by atoms with Crippen molar-refractivity contribution in [3.63, 3.8) is 0 Å². The molecule has 10 heteroatoms. The van der Waals surface area contributed by atoms with Gasteiger partial charge >= 0.3 is 0 Å². The lowest BCUT2D eigenvalue weighted by Gasteiger charge is -2.24. The van der Waals surface area contributed by atoms with E-state index in [9.17, 15) is 22.4 Å². The van der Waals surface area contributed by atoms with Gasteiger partial charge in [-0.2, -0.15) is 0 Å². The fourth-order valence-electron chi connectivity index (χ4n) is 3.05. The number of carbonyl (C=O) groups excluding carboxylic acids is 2. The number of hydrogen-bond donors (Lipinski definition) is 2. The van der Waals surface area contributed by atoms with Crippen LogP contribution in [0.15, 0.2) is 41.3 Å². The number of thiazole rings is 1. The maximum atomic E-state index is 13.4. The summed E-state index contributed by atoms with van der Waals surface area (Å²) >= 11 is 1.14. The lowest BCUT2D eigenvalue weighted by Crippen LogP contribution is -2.30. The van der Waals surface area contributed by atoms with Gasteiger partial charge in [-0.1, -0.05) is 17.4 Å². The van der Waals surface area contributed by atoms with Crippen LogP contribution in [0, 0.1) is 5.82 Å². The van der Waals surface area contributed by atoms with E-state index in [0.717, 1.165) is 17.6 Å². The Morgan fingerprint density at radius 3 is 2.82 bits per heavy atom. The van der Waals surface area contributed by atoms with Crippen molar-refractivity contribution >= 4 is 54.0 Å². The summed E-state index contributed by atoms with van der Waals surface area (Å²) in [6, 6.07) is 8.43. The lowest BCUT2D eigenvalue weighted by molar-refractivity contribution is -0.123. The summed E-state index contributed by atoms with van der Waals surface area (Å²) in [4.78, 5) is 29.1. The summed E-state index contributed by atoms with van der Waals surface area (Å²) < 4.78 is 37.4. The number of nitrogens with one attached hydrogen (secondary N) is 2. The first-order chi connectivity index (χ1) is 13.2. The zero-order valence-electron chi connectivity index (χ0n) is 14.5. The summed E-state index contributed by atoms with van der Waals surface area (Å²) in [6.07, 6.45) is 1.06. The Kier molecular flexibility index (Phi) is 4.39. The predicted molar refractivity (Wildman–Crippen MR) is 104 cm³/mol. The summed E-state index contributed by atoms with van der Waals surface area (Å²) in [6.45, 7) is 0. The van der Waals surface area contributed by atoms with Crippen LogP contribution < -0.4 is 10.6 Å². The molecular formula is C18H14FN3O4S2. The Balaban J connectivity index is 1.63. The smallest absolute Gasteiger partial charge is 0.234 e. The van der Waals surface area contributed by atoms with E-state index in [4.69, 9.17) is 0 Å². The van der Waals surface area contributed by atoms with Crippen molar-refractivity contribution in [2.45, 2.75) is 17.2 Å². The number of benzene rings is 2. The number of hydrogen-bond acceptors (Lipinski definition) is 6. The molecule has 0 saturated heterocycles. The SMILES string of the molecule is CS(=O)(=O)c1ccc2nc(NC(=O)C3CC(=O)Nc4cc(F)ccc43)sc2c1. The van der Waals surface area contributed by atoms with E-state index < -0.39 is 27.5 Å². The zero-order valence-corrected chi connectivity index (χ0v) is 16.2.